The number of hydrogen-bond donors (Lipinski definition) is 1. The number of nitrogens with zero attached hydrogens (tertiary/aromatic N) is 4. The molecule has 0 amide bonds. The molecule has 0 atom stereocenters. The summed E-state index contributed by atoms with van der Waals surface area (Å²) in [6.45, 7) is 0.473. The van der Waals surface area contributed by atoms with E-state index in [1.54, 1.807) is 18.2 Å². The zero-order valence-corrected chi connectivity index (χ0v) is 13.7. The summed E-state index contributed by atoms with van der Waals surface area (Å²) in [7, 11) is 0. The van der Waals surface area contributed by atoms with Gasteiger partial charge in [-0.2, -0.15) is 0 Å². The van der Waals surface area contributed by atoms with Gasteiger partial charge >= 0.3 is 0 Å². The van der Waals surface area contributed by atoms with Gasteiger partial charge in [-0.25, -0.2) is 9.97 Å². The van der Waals surface area contributed by atoms with Crippen LogP contribution in [0.1, 0.15) is 5.69 Å². The van der Waals surface area contributed by atoms with Crippen LogP contribution >= 0.6 is 0 Å². The zero-order chi connectivity index (χ0) is 17.9. The predicted octanol–water partition coefficient (Wildman–Crippen LogP) is 3.92. The molecule has 0 unspecified atom stereocenters. The number of imidazole rings is 1. The molecule has 0 aliphatic heterocycles. The Balaban J connectivity index is 1.61. The quantitative estimate of drug-likeness (QED) is 0.438. The number of nitro groups is 1. The second-order valence-electron chi connectivity index (χ2n) is 5.74. The van der Waals surface area contributed by atoms with Gasteiger partial charge in [0.05, 0.1) is 17.2 Å². The maximum Gasteiger partial charge on any atom is 0.295 e. The molecule has 7 nitrogen and oxygen atoms in total. The van der Waals surface area contributed by atoms with E-state index in [2.05, 4.69) is 15.3 Å². The van der Waals surface area contributed by atoms with Crippen LogP contribution in [0.4, 0.5) is 11.5 Å². The monoisotopic (exact) mass is 345 g/mol. The Bertz CT molecular complexity index is 1040. The van der Waals surface area contributed by atoms with Gasteiger partial charge in [0.2, 0.25) is 0 Å². The number of fused-ring (bicyclic) bond motifs is 1. The lowest BCUT2D eigenvalue weighted by atomic mass is 10.1. The molecule has 0 aliphatic rings. The normalized spacial score (nSPS) is 10.8. The van der Waals surface area contributed by atoms with Crippen molar-refractivity contribution in [2.24, 2.45) is 0 Å². The highest BCUT2D eigenvalue weighted by molar-refractivity contribution is 5.71. The van der Waals surface area contributed by atoms with Crippen molar-refractivity contribution in [3.63, 3.8) is 0 Å². The Morgan fingerprint density at radius 1 is 1.00 bits per heavy atom. The summed E-state index contributed by atoms with van der Waals surface area (Å²) in [5.41, 5.74) is 2.75. The van der Waals surface area contributed by atoms with Crippen LogP contribution < -0.4 is 5.32 Å². The highest BCUT2D eigenvalue weighted by atomic mass is 16.6. The van der Waals surface area contributed by atoms with Crippen LogP contribution in [0, 0.1) is 10.1 Å². The Hall–Kier alpha value is -3.74. The fourth-order valence-electron chi connectivity index (χ4n) is 2.76. The molecule has 0 radical (unpaired) electrons. The van der Waals surface area contributed by atoms with Gasteiger partial charge in [-0.1, -0.05) is 36.4 Å². The van der Waals surface area contributed by atoms with Gasteiger partial charge in [0.25, 0.3) is 5.69 Å². The molecule has 0 saturated heterocycles. The zero-order valence-electron chi connectivity index (χ0n) is 13.7. The largest absolute Gasteiger partial charge is 0.364 e. The van der Waals surface area contributed by atoms with E-state index in [0.29, 0.717) is 23.6 Å². The van der Waals surface area contributed by atoms with E-state index >= 15 is 0 Å². The number of anilines is 1. The van der Waals surface area contributed by atoms with E-state index < -0.39 is 4.92 Å². The van der Waals surface area contributed by atoms with Crippen LogP contribution in [0.3, 0.4) is 0 Å². The Morgan fingerprint density at radius 3 is 2.58 bits per heavy atom. The molecule has 3 aromatic heterocycles. The molecule has 3 heterocycles. The number of nitrogens with one attached hydrogen (secondary N) is 1. The molecule has 4 aromatic rings. The Kier molecular flexibility index (Phi) is 4.03. The van der Waals surface area contributed by atoms with Crippen molar-refractivity contribution in [3.05, 3.63) is 88.9 Å². The minimum Gasteiger partial charge on any atom is -0.364 e. The summed E-state index contributed by atoms with van der Waals surface area (Å²) >= 11 is 0. The van der Waals surface area contributed by atoms with Crippen molar-refractivity contribution < 1.29 is 4.92 Å². The highest BCUT2D eigenvalue weighted by Crippen LogP contribution is 2.29. The molecule has 0 spiro atoms. The van der Waals surface area contributed by atoms with Crippen molar-refractivity contribution in [3.8, 4) is 11.3 Å². The number of pyridine rings is 2. The van der Waals surface area contributed by atoms with Gasteiger partial charge in [-0.05, 0) is 18.2 Å². The lowest BCUT2D eigenvalue weighted by molar-refractivity contribution is -0.384. The van der Waals surface area contributed by atoms with Crippen molar-refractivity contribution in [1.29, 1.82) is 0 Å². The van der Waals surface area contributed by atoms with Crippen LogP contribution in [0.2, 0.25) is 0 Å². The smallest absolute Gasteiger partial charge is 0.295 e. The lowest BCUT2D eigenvalue weighted by Crippen LogP contribution is -2.03. The molecule has 7 heteroatoms. The molecule has 1 N–H and O–H groups in total. The van der Waals surface area contributed by atoms with Gasteiger partial charge in [0, 0.05) is 24.0 Å². The third-order valence-corrected chi connectivity index (χ3v) is 3.98. The summed E-state index contributed by atoms with van der Waals surface area (Å²) < 4.78 is 1.94. The molecule has 26 heavy (non-hydrogen) atoms. The van der Waals surface area contributed by atoms with Gasteiger partial charge in [0.1, 0.15) is 11.5 Å². The summed E-state index contributed by atoms with van der Waals surface area (Å²) in [5, 5.41) is 14.5. The molecular weight excluding hydrogens is 330 g/mol. The third-order valence-electron chi connectivity index (χ3n) is 3.98. The van der Waals surface area contributed by atoms with Gasteiger partial charge in [0.15, 0.2) is 5.69 Å². The van der Waals surface area contributed by atoms with E-state index in [-0.39, 0.29) is 5.69 Å². The summed E-state index contributed by atoms with van der Waals surface area (Å²) in [6, 6.07) is 18.0. The first-order valence-electron chi connectivity index (χ1n) is 8.08. The number of benzene rings is 1. The number of aromatic nitrogens is 3. The maximum absolute atomic E-state index is 11.3. The molecule has 0 bridgehead atoms. The first kappa shape index (κ1) is 15.8. The molecule has 1 aromatic carbocycles. The van der Waals surface area contributed by atoms with Crippen molar-refractivity contribution in [2.75, 3.05) is 5.32 Å². The SMILES string of the molecule is O=[N+]([O-])c1ccc(NCc2cn3ccccc3n2)nc1-c1ccccc1. The Labute approximate surface area is 149 Å². The predicted molar refractivity (Wildman–Crippen MR) is 98.8 cm³/mol. The van der Waals surface area contributed by atoms with E-state index in [9.17, 15) is 10.1 Å². The van der Waals surface area contributed by atoms with Crippen molar-refractivity contribution >= 4 is 17.2 Å². The summed E-state index contributed by atoms with van der Waals surface area (Å²) in [6.07, 6.45) is 3.87. The summed E-state index contributed by atoms with van der Waals surface area (Å²) in [5.74, 6) is 0.562. The van der Waals surface area contributed by atoms with E-state index in [1.165, 1.54) is 6.07 Å². The second-order valence-corrected chi connectivity index (χ2v) is 5.74. The number of rotatable bonds is 5. The van der Waals surface area contributed by atoms with Crippen LogP contribution in [-0.2, 0) is 6.54 Å². The Morgan fingerprint density at radius 2 is 1.81 bits per heavy atom. The number of hydrogen-bond acceptors (Lipinski definition) is 5. The van der Waals surface area contributed by atoms with Crippen molar-refractivity contribution in [1.82, 2.24) is 14.4 Å². The lowest BCUT2D eigenvalue weighted by Gasteiger charge is -2.07. The third kappa shape index (κ3) is 3.10. The van der Waals surface area contributed by atoms with E-state index in [0.717, 1.165) is 11.3 Å². The van der Waals surface area contributed by atoms with E-state index in [1.807, 2.05) is 53.2 Å². The minimum absolute atomic E-state index is 0.0190. The topological polar surface area (TPSA) is 85.4 Å². The average Bonchev–Trinajstić information content (AvgIpc) is 3.10. The van der Waals surface area contributed by atoms with Gasteiger partial charge in [-0.3, -0.25) is 10.1 Å². The average molecular weight is 345 g/mol. The second kappa shape index (κ2) is 6.64. The molecule has 0 fully saturated rings. The molecular formula is C19H15N5O2. The van der Waals surface area contributed by atoms with Crippen LogP contribution in [-0.4, -0.2) is 19.3 Å². The maximum atomic E-state index is 11.3. The molecule has 128 valence electrons. The standard InChI is InChI=1S/C19H15N5O2/c25-24(26)16-9-10-17(22-19(16)14-6-2-1-3-7-14)20-12-15-13-23-11-5-4-8-18(23)21-15/h1-11,13H,12H2,(H,20,22). The molecule has 0 saturated carbocycles. The molecule has 0 aliphatic carbocycles. The fourth-order valence-corrected chi connectivity index (χ4v) is 2.76. The first-order valence-corrected chi connectivity index (χ1v) is 8.08. The molecule has 4 rings (SSSR count). The van der Waals surface area contributed by atoms with Crippen LogP contribution in [0.25, 0.3) is 16.9 Å². The van der Waals surface area contributed by atoms with Crippen LogP contribution in [0.5, 0.6) is 0 Å². The fraction of sp³-hybridized carbons (Fsp3) is 0.0526. The van der Waals surface area contributed by atoms with Crippen molar-refractivity contribution in [2.45, 2.75) is 6.54 Å². The highest BCUT2D eigenvalue weighted by Gasteiger charge is 2.17. The first-order chi connectivity index (χ1) is 12.7. The minimum atomic E-state index is -0.415. The van der Waals surface area contributed by atoms with Gasteiger partial charge < -0.3 is 9.72 Å². The van der Waals surface area contributed by atoms with Gasteiger partial charge in [-0.15, -0.1) is 0 Å². The van der Waals surface area contributed by atoms with E-state index in [4.69, 9.17) is 0 Å². The van der Waals surface area contributed by atoms with Crippen LogP contribution in [0.15, 0.2) is 73.1 Å². The summed E-state index contributed by atoms with van der Waals surface area (Å²) in [4.78, 5) is 19.9.